The van der Waals surface area contributed by atoms with Gasteiger partial charge in [-0.25, -0.2) is 9.97 Å². The molecule has 0 saturated heterocycles. The van der Waals surface area contributed by atoms with Gasteiger partial charge in [0, 0.05) is 30.3 Å². The molecule has 0 spiro atoms. The molecule has 1 aliphatic rings. The summed E-state index contributed by atoms with van der Waals surface area (Å²) < 4.78 is 0. The Labute approximate surface area is 138 Å². The lowest BCUT2D eigenvalue weighted by Gasteiger charge is -2.38. The minimum Gasteiger partial charge on any atom is -0.328 e. The van der Waals surface area contributed by atoms with E-state index in [4.69, 9.17) is 9.97 Å². The van der Waals surface area contributed by atoms with Crippen molar-refractivity contribution in [3.8, 4) is 0 Å². The Balaban J connectivity index is 2.02. The van der Waals surface area contributed by atoms with Gasteiger partial charge in [0.05, 0.1) is 21.7 Å². The Morgan fingerprint density at radius 3 is 2.58 bits per heavy atom. The molecule has 6 heteroatoms. The van der Waals surface area contributed by atoms with Gasteiger partial charge in [-0.3, -0.25) is 10.1 Å². The fraction of sp³-hybridized carbons (Fsp3) is 0.222. The zero-order valence-corrected chi connectivity index (χ0v) is 13.6. The highest BCUT2D eigenvalue weighted by molar-refractivity contribution is 5.83. The molecule has 2 aromatic carbocycles. The third kappa shape index (κ3) is 1.89. The van der Waals surface area contributed by atoms with E-state index in [-0.39, 0.29) is 11.1 Å². The second kappa shape index (κ2) is 4.74. The molecule has 0 fully saturated rings. The molecule has 2 heterocycles. The van der Waals surface area contributed by atoms with Crippen LogP contribution in [-0.2, 0) is 5.41 Å². The highest BCUT2D eigenvalue weighted by Gasteiger charge is 2.37. The minimum absolute atomic E-state index is 0.0230. The van der Waals surface area contributed by atoms with Crippen LogP contribution in [0.4, 0.5) is 17.2 Å². The van der Waals surface area contributed by atoms with Gasteiger partial charge in [-0.2, -0.15) is 0 Å². The molecule has 1 aromatic heterocycles. The van der Waals surface area contributed by atoms with E-state index in [2.05, 4.69) is 26.0 Å². The number of rotatable bonds is 1. The van der Waals surface area contributed by atoms with Crippen molar-refractivity contribution in [1.29, 1.82) is 0 Å². The van der Waals surface area contributed by atoms with Gasteiger partial charge in [0.15, 0.2) is 5.82 Å². The van der Waals surface area contributed by atoms with Crippen molar-refractivity contribution in [3.05, 3.63) is 63.8 Å². The van der Waals surface area contributed by atoms with E-state index in [9.17, 15) is 10.1 Å². The summed E-state index contributed by atoms with van der Waals surface area (Å²) in [4.78, 5) is 22.1. The smallest absolute Gasteiger partial charge is 0.271 e. The van der Waals surface area contributed by atoms with E-state index in [1.807, 2.05) is 24.1 Å². The Morgan fingerprint density at radius 2 is 1.83 bits per heavy atom. The second-order valence-electron chi connectivity index (χ2n) is 6.53. The largest absolute Gasteiger partial charge is 0.328 e. The molecule has 0 amide bonds. The molecule has 1 aliphatic heterocycles. The van der Waals surface area contributed by atoms with Crippen molar-refractivity contribution < 1.29 is 4.92 Å². The highest BCUT2D eigenvalue weighted by atomic mass is 16.6. The second-order valence-corrected chi connectivity index (χ2v) is 6.53. The lowest BCUT2D eigenvalue weighted by molar-refractivity contribution is -0.384. The van der Waals surface area contributed by atoms with Crippen LogP contribution in [0.2, 0.25) is 0 Å². The Kier molecular flexibility index (Phi) is 2.87. The van der Waals surface area contributed by atoms with E-state index in [0.29, 0.717) is 11.0 Å². The van der Waals surface area contributed by atoms with E-state index in [1.165, 1.54) is 17.7 Å². The van der Waals surface area contributed by atoms with Gasteiger partial charge in [0.1, 0.15) is 0 Å². The number of fused-ring (bicyclic) bond motifs is 3. The fourth-order valence-corrected chi connectivity index (χ4v) is 3.34. The minimum atomic E-state index is -0.413. The van der Waals surface area contributed by atoms with Crippen LogP contribution >= 0.6 is 0 Å². The first-order valence-electron chi connectivity index (χ1n) is 7.69. The third-order valence-electron chi connectivity index (χ3n) is 4.69. The van der Waals surface area contributed by atoms with Crippen molar-refractivity contribution in [2.45, 2.75) is 19.3 Å². The van der Waals surface area contributed by atoms with E-state index >= 15 is 0 Å². The quantitative estimate of drug-likeness (QED) is 0.501. The molecule has 120 valence electrons. The van der Waals surface area contributed by atoms with E-state index < -0.39 is 4.92 Å². The van der Waals surface area contributed by atoms with Gasteiger partial charge >= 0.3 is 0 Å². The van der Waals surface area contributed by atoms with Crippen LogP contribution in [-0.4, -0.2) is 21.9 Å². The fourth-order valence-electron chi connectivity index (χ4n) is 3.34. The molecule has 24 heavy (non-hydrogen) atoms. The summed E-state index contributed by atoms with van der Waals surface area (Å²) in [5.41, 5.74) is 4.08. The van der Waals surface area contributed by atoms with Crippen molar-refractivity contribution in [3.63, 3.8) is 0 Å². The Hall–Kier alpha value is -3.02. The predicted molar refractivity (Wildman–Crippen MR) is 92.8 cm³/mol. The molecule has 0 N–H and O–H groups in total. The van der Waals surface area contributed by atoms with Crippen LogP contribution in [0, 0.1) is 10.1 Å². The zero-order valence-electron chi connectivity index (χ0n) is 13.6. The van der Waals surface area contributed by atoms with Gasteiger partial charge in [0.2, 0.25) is 0 Å². The van der Waals surface area contributed by atoms with Gasteiger partial charge < -0.3 is 4.90 Å². The molecular weight excluding hydrogens is 304 g/mol. The third-order valence-corrected chi connectivity index (χ3v) is 4.69. The maximum Gasteiger partial charge on any atom is 0.271 e. The number of nitrogens with zero attached hydrogens (tertiary/aromatic N) is 4. The number of benzene rings is 2. The Morgan fingerprint density at radius 1 is 1.08 bits per heavy atom. The topological polar surface area (TPSA) is 72.2 Å². The normalized spacial score (nSPS) is 15.0. The van der Waals surface area contributed by atoms with Gasteiger partial charge in [-0.1, -0.05) is 18.2 Å². The predicted octanol–water partition coefficient (Wildman–Crippen LogP) is 3.95. The molecule has 0 bridgehead atoms. The molecule has 6 nitrogen and oxygen atoms in total. The first kappa shape index (κ1) is 14.6. The standard InChI is InChI=1S/C18H16N4O2/c1-18(2)12-6-4-5-7-15(12)21(3)17-16(18)19-13-9-8-11(22(23)24)10-14(13)20-17/h4-10H,1-3H3. The number of para-hydroxylation sites is 1. The van der Waals surface area contributed by atoms with Crippen molar-refractivity contribution in [2.75, 3.05) is 11.9 Å². The SMILES string of the molecule is CN1c2ccccc2C(C)(C)c2nc3ccc([N+](=O)[O-])cc3nc21. The van der Waals surface area contributed by atoms with Gasteiger partial charge in [-0.15, -0.1) is 0 Å². The van der Waals surface area contributed by atoms with Crippen LogP contribution in [0.25, 0.3) is 11.0 Å². The summed E-state index contributed by atoms with van der Waals surface area (Å²) in [6, 6.07) is 12.8. The van der Waals surface area contributed by atoms with E-state index in [0.717, 1.165) is 17.2 Å². The molecule has 4 rings (SSSR count). The average molecular weight is 320 g/mol. The summed E-state index contributed by atoms with van der Waals surface area (Å²) in [6.07, 6.45) is 0. The molecule has 0 saturated carbocycles. The summed E-state index contributed by atoms with van der Waals surface area (Å²) in [6.45, 7) is 4.26. The first-order valence-corrected chi connectivity index (χ1v) is 7.69. The number of anilines is 2. The first-order chi connectivity index (χ1) is 11.4. The maximum atomic E-state index is 11.0. The lowest BCUT2D eigenvalue weighted by Crippen LogP contribution is -2.32. The lowest BCUT2D eigenvalue weighted by atomic mass is 9.77. The summed E-state index contributed by atoms with van der Waals surface area (Å²) in [5.74, 6) is 0.742. The monoisotopic (exact) mass is 320 g/mol. The Bertz CT molecular complexity index is 997. The number of nitro benzene ring substituents is 1. The van der Waals surface area contributed by atoms with Crippen LogP contribution in [0.3, 0.4) is 0 Å². The summed E-state index contributed by atoms with van der Waals surface area (Å²) in [7, 11) is 1.95. The van der Waals surface area contributed by atoms with Gasteiger partial charge in [0.25, 0.3) is 5.69 Å². The maximum absolute atomic E-state index is 11.0. The molecule has 3 aromatic rings. The number of hydrogen-bond acceptors (Lipinski definition) is 5. The number of aromatic nitrogens is 2. The summed E-state index contributed by atoms with van der Waals surface area (Å²) in [5, 5.41) is 11.0. The van der Waals surface area contributed by atoms with Crippen LogP contribution in [0.5, 0.6) is 0 Å². The summed E-state index contributed by atoms with van der Waals surface area (Å²) >= 11 is 0. The van der Waals surface area contributed by atoms with Crippen LogP contribution in [0.1, 0.15) is 25.1 Å². The zero-order chi connectivity index (χ0) is 17.1. The molecule has 0 radical (unpaired) electrons. The van der Waals surface area contributed by atoms with Gasteiger partial charge in [-0.05, 0) is 31.5 Å². The molecule has 0 aliphatic carbocycles. The number of hydrogen-bond donors (Lipinski definition) is 0. The highest BCUT2D eigenvalue weighted by Crippen LogP contribution is 2.46. The molecule has 0 unspecified atom stereocenters. The van der Waals surface area contributed by atoms with Crippen molar-refractivity contribution >= 4 is 28.2 Å². The molecular formula is C18H16N4O2. The molecule has 0 atom stereocenters. The van der Waals surface area contributed by atoms with Crippen molar-refractivity contribution in [2.24, 2.45) is 0 Å². The van der Waals surface area contributed by atoms with E-state index in [1.54, 1.807) is 6.07 Å². The average Bonchev–Trinajstić information content (AvgIpc) is 2.58. The van der Waals surface area contributed by atoms with Crippen molar-refractivity contribution in [1.82, 2.24) is 9.97 Å². The number of non-ortho nitro benzene ring substituents is 1. The van der Waals surface area contributed by atoms with Crippen LogP contribution in [0.15, 0.2) is 42.5 Å². The van der Waals surface area contributed by atoms with Crippen LogP contribution < -0.4 is 4.90 Å². The number of nitro groups is 1.